The van der Waals surface area contributed by atoms with E-state index in [1.807, 2.05) is 29.7 Å². The van der Waals surface area contributed by atoms with Crippen molar-refractivity contribution in [2.45, 2.75) is 18.4 Å². The fourth-order valence-corrected chi connectivity index (χ4v) is 5.03. The lowest BCUT2D eigenvalue weighted by molar-refractivity contribution is 0.594. The Balaban J connectivity index is 2.22. The molecule has 0 aliphatic carbocycles. The van der Waals surface area contributed by atoms with Gasteiger partial charge < -0.3 is 4.57 Å². The molecule has 0 spiro atoms. The van der Waals surface area contributed by atoms with Crippen LogP contribution in [0.5, 0.6) is 0 Å². The Labute approximate surface area is 145 Å². The van der Waals surface area contributed by atoms with Gasteiger partial charge >= 0.3 is 0 Å². The molecule has 0 bridgehead atoms. The molecule has 0 fully saturated rings. The lowest BCUT2D eigenvalue weighted by atomic mass is 10.3. The van der Waals surface area contributed by atoms with Crippen molar-refractivity contribution >= 4 is 47.5 Å². The van der Waals surface area contributed by atoms with Gasteiger partial charge in [-0.15, -0.1) is 4.40 Å². The van der Waals surface area contributed by atoms with E-state index in [1.54, 1.807) is 0 Å². The van der Waals surface area contributed by atoms with E-state index in [4.69, 9.17) is 0 Å². The minimum atomic E-state index is -3.88. The van der Waals surface area contributed by atoms with E-state index in [0.717, 1.165) is 26.8 Å². The summed E-state index contributed by atoms with van der Waals surface area (Å²) in [5.41, 5.74) is 0.925. The normalized spacial score (nSPS) is 12.9. The summed E-state index contributed by atoms with van der Waals surface area (Å²) in [5, 5.41) is 0. The predicted octanol–water partition coefficient (Wildman–Crippen LogP) is 3.91. The van der Waals surface area contributed by atoms with E-state index in [9.17, 15) is 12.8 Å². The lowest BCUT2D eigenvalue weighted by Crippen LogP contribution is -2.16. The number of benzene rings is 2. The molecule has 23 heavy (non-hydrogen) atoms. The summed E-state index contributed by atoms with van der Waals surface area (Å²) in [6, 6.07) is 10.4. The smallest absolute Gasteiger partial charge is 0.285 e. The van der Waals surface area contributed by atoms with Gasteiger partial charge in [0, 0.05) is 11.0 Å². The van der Waals surface area contributed by atoms with E-state index in [1.165, 1.54) is 23.5 Å². The maximum atomic E-state index is 13.0. The number of nitrogens with zero attached hydrogens (tertiary/aromatic N) is 2. The first-order chi connectivity index (χ1) is 10.9. The number of thiazole rings is 1. The highest BCUT2D eigenvalue weighted by atomic mass is 79.9. The summed E-state index contributed by atoms with van der Waals surface area (Å²) in [6.07, 6.45) is 0. The molecule has 0 radical (unpaired) electrons. The topological polar surface area (TPSA) is 51.4 Å². The quantitative estimate of drug-likeness (QED) is 0.651. The van der Waals surface area contributed by atoms with E-state index in [-0.39, 0.29) is 4.90 Å². The first-order valence-electron chi connectivity index (χ1n) is 6.76. The minimum Gasteiger partial charge on any atom is -0.316 e. The van der Waals surface area contributed by atoms with Gasteiger partial charge in [-0.1, -0.05) is 27.3 Å². The summed E-state index contributed by atoms with van der Waals surface area (Å²) in [5.74, 6) is -0.487. The molecule has 0 unspecified atom stereocenters. The van der Waals surface area contributed by atoms with Crippen LogP contribution in [-0.2, 0) is 16.6 Å². The van der Waals surface area contributed by atoms with Crippen LogP contribution >= 0.6 is 27.3 Å². The fraction of sp³-hybridized carbons (Fsp3) is 0.133. The molecule has 120 valence electrons. The zero-order valence-electron chi connectivity index (χ0n) is 12.0. The van der Waals surface area contributed by atoms with Crippen molar-refractivity contribution in [1.82, 2.24) is 4.57 Å². The van der Waals surface area contributed by atoms with Crippen LogP contribution < -0.4 is 4.80 Å². The Bertz CT molecular complexity index is 1040. The van der Waals surface area contributed by atoms with Gasteiger partial charge in [0.1, 0.15) is 5.82 Å². The molecule has 3 aromatic rings. The molecule has 0 saturated heterocycles. The molecule has 0 atom stereocenters. The first kappa shape index (κ1) is 16.4. The van der Waals surface area contributed by atoms with Crippen LogP contribution in [0.4, 0.5) is 4.39 Å². The SMILES string of the molecule is CCn1/c(=N/S(=O)(=O)c2ccc(F)cc2)sc2cc(Br)ccc21. The van der Waals surface area contributed by atoms with Gasteiger partial charge in [-0.25, -0.2) is 4.39 Å². The minimum absolute atomic E-state index is 0.0276. The number of aromatic nitrogens is 1. The van der Waals surface area contributed by atoms with Crippen molar-refractivity contribution in [2.75, 3.05) is 0 Å². The van der Waals surface area contributed by atoms with Crippen molar-refractivity contribution in [3.63, 3.8) is 0 Å². The molecule has 3 rings (SSSR count). The number of aryl methyl sites for hydroxylation is 1. The second-order valence-electron chi connectivity index (χ2n) is 4.76. The number of halogens is 2. The van der Waals surface area contributed by atoms with Crippen molar-refractivity contribution < 1.29 is 12.8 Å². The highest BCUT2D eigenvalue weighted by molar-refractivity contribution is 9.10. The summed E-state index contributed by atoms with van der Waals surface area (Å²) < 4.78 is 45.4. The van der Waals surface area contributed by atoms with Crippen LogP contribution in [0.2, 0.25) is 0 Å². The summed E-state index contributed by atoms with van der Waals surface area (Å²) in [4.78, 5) is 0.366. The first-order valence-corrected chi connectivity index (χ1v) is 9.81. The molecule has 0 aliphatic rings. The number of rotatable bonds is 3. The number of fused-ring (bicyclic) bond motifs is 1. The molecule has 0 amide bonds. The molecule has 1 heterocycles. The standard InChI is InChI=1S/C15H12BrFN2O2S2/c1-2-19-13-8-3-10(16)9-14(13)22-15(19)18-23(20,21)12-6-4-11(17)5-7-12/h3-9H,2H2,1H3/b18-15-. The van der Waals surface area contributed by atoms with Gasteiger partial charge in [-0.3, -0.25) is 0 Å². The Morgan fingerprint density at radius 1 is 1.22 bits per heavy atom. The third-order valence-corrected chi connectivity index (χ3v) is 6.20. The summed E-state index contributed by atoms with van der Waals surface area (Å²) >= 11 is 4.71. The zero-order valence-corrected chi connectivity index (χ0v) is 15.3. The molecule has 1 aromatic heterocycles. The number of hydrogen-bond acceptors (Lipinski definition) is 3. The molecular formula is C15H12BrFN2O2S2. The average molecular weight is 415 g/mol. The maximum Gasteiger partial charge on any atom is 0.285 e. The molecule has 8 heteroatoms. The van der Waals surface area contributed by atoms with Crippen LogP contribution in [-0.4, -0.2) is 13.0 Å². The summed E-state index contributed by atoms with van der Waals surface area (Å²) in [6.45, 7) is 2.52. The molecule has 0 saturated carbocycles. The highest BCUT2D eigenvalue weighted by Crippen LogP contribution is 2.22. The van der Waals surface area contributed by atoms with Crippen molar-refractivity contribution in [3.8, 4) is 0 Å². The number of hydrogen-bond donors (Lipinski definition) is 0. The number of sulfonamides is 1. The molecule has 4 nitrogen and oxygen atoms in total. The van der Waals surface area contributed by atoms with Crippen LogP contribution in [0, 0.1) is 5.82 Å². The lowest BCUT2D eigenvalue weighted by Gasteiger charge is -2.01. The predicted molar refractivity (Wildman–Crippen MR) is 92.3 cm³/mol. The van der Waals surface area contributed by atoms with Crippen LogP contribution in [0.3, 0.4) is 0 Å². The second kappa shape index (κ2) is 6.18. The second-order valence-corrected chi connectivity index (χ2v) is 8.29. The van der Waals surface area contributed by atoms with Gasteiger partial charge in [-0.2, -0.15) is 8.42 Å². The van der Waals surface area contributed by atoms with Crippen molar-refractivity contribution in [1.29, 1.82) is 0 Å². The van der Waals surface area contributed by atoms with Crippen LogP contribution in [0.1, 0.15) is 6.92 Å². The maximum absolute atomic E-state index is 13.0. The van der Waals surface area contributed by atoms with Gasteiger partial charge in [0.15, 0.2) is 0 Å². The molecular weight excluding hydrogens is 403 g/mol. The van der Waals surface area contributed by atoms with Gasteiger partial charge in [0.2, 0.25) is 4.80 Å². The fourth-order valence-electron chi connectivity index (χ4n) is 2.18. The Morgan fingerprint density at radius 3 is 2.57 bits per heavy atom. The van der Waals surface area contributed by atoms with Gasteiger partial charge in [0.05, 0.1) is 15.1 Å². The van der Waals surface area contributed by atoms with E-state index in [2.05, 4.69) is 20.3 Å². The Hall–Kier alpha value is -1.51. The van der Waals surface area contributed by atoms with Crippen molar-refractivity contribution in [2.24, 2.45) is 4.40 Å². The average Bonchev–Trinajstić information content (AvgIpc) is 2.82. The monoisotopic (exact) mass is 414 g/mol. The third-order valence-electron chi connectivity index (χ3n) is 3.27. The van der Waals surface area contributed by atoms with E-state index < -0.39 is 15.8 Å². The zero-order chi connectivity index (χ0) is 16.6. The molecule has 0 aliphatic heterocycles. The third kappa shape index (κ3) is 3.24. The Morgan fingerprint density at radius 2 is 1.91 bits per heavy atom. The Kier molecular flexibility index (Phi) is 4.39. The molecule has 2 aromatic carbocycles. The summed E-state index contributed by atoms with van der Waals surface area (Å²) in [7, 11) is -3.88. The van der Waals surface area contributed by atoms with E-state index in [0.29, 0.717) is 11.3 Å². The largest absolute Gasteiger partial charge is 0.316 e. The van der Waals surface area contributed by atoms with Gasteiger partial charge in [0.25, 0.3) is 10.0 Å². The highest BCUT2D eigenvalue weighted by Gasteiger charge is 2.14. The van der Waals surface area contributed by atoms with Crippen molar-refractivity contribution in [3.05, 3.63) is 57.6 Å². The van der Waals surface area contributed by atoms with Crippen LogP contribution in [0.25, 0.3) is 10.2 Å². The van der Waals surface area contributed by atoms with Crippen LogP contribution in [0.15, 0.2) is 56.2 Å². The van der Waals surface area contributed by atoms with E-state index >= 15 is 0 Å². The van der Waals surface area contributed by atoms with Gasteiger partial charge in [-0.05, 0) is 49.4 Å². The molecule has 0 N–H and O–H groups in total.